The molecule has 1 amide bonds. The number of amides is 1. The highest BCUT2D eigenvalue weighted by Gasteiger charge is 2.41. The van der Waals surface area contributed by atoms with Crippen LogP contribution < -0.4 is 10.6 Å². The summed E-state index contributed by atoms with van der Waals surface area (Å²) in [6.07, 6.45) is 3.14. The Morgan fingerprint density at radius 3 is 2.64 bits per heavy atom. The number of nitrogens with zero attached hydrogens (tertiary/aromatic N) is 2. The zero-order chi connectivity index (χ0) is 14.9. The Labute approximate surface area is 139 Å². The zero-order valence-corrected chi connectivity index (χ0v) is 14.0. The van der Waals surface area contributed by atoms with Gasteiger partial charge in [0.15, 0.2) is 0 Å². The van der Waals surface area contributed by atoms with Gasteiger partial charge in [-0.05, 0) is 49.9 Å². The number of carbonyl (C=O) groups is 1. The van der Waals surface area contributed by atoms with Gasteiger partial charge in [-0.15, -0.1) is 12.4 Å². The lowest BCUT2D eigenvalue weighted by Crippen LogP contribution is -2.52. The van der Waals surface area contributed by atoms with Gasteiger partial charge in [-0.2, -0.15) is 0 Å². The highest BCUT2D eigenvalue weighted by molar-refractivity contribution is 5.97. The van der Waals surface area contributed by atoms with Crippen LogP contribution in [0.5, 0.6) is 0 Å². The summed E-state index contributed by atoms with van der Waals surface area (Å²) in [7, 11) is 0. The standard InChI is InChI=1S/C17H25N3O.ClH/c1-17(12-18)9-11-19(13-17)15-8-5-10-20(16(15)21)14-6-3-2-4-7-14;/h2-4,6-7,15H,5,8-13,18H2,1H3;1H. The Morgan fingerprint density at radius 2 is 2.00 bits per heavy atom. The second-order valence-electron chi connectivity index (χ2n) is 6.72. The molecule has 2 saturated heterocycles. The van der Waals surface area contributed by atoms with Crippen LogP contribution in [0.2, 0.25) is 0 Å². The minimum atomic E-state index is 0. The number of hydrogen-bond acceptors (Lipinski definition) is 3. The lowest BCUT2D eigenvalue weighted by Gasteiger charge is -2.37. The van der Waals surface area contributed by atoms with Gasteiger partial charge in [0.1, 0.15) is 0 Å². The number of rotatable bonds is 3. The summed E-state index contributed by atoms with van der Waals surface area (Å²) in [4.78, 5) is 17.2. The SMILES string of the molecule is CC1(CN)CCN(C2CCCN(c3ccccc3)C2=O)C1.Cl. The molecule has 4 nitrogen and oxygen atoms in total. The summed E-state index contributed by atoms with van der Waals surface area (Å²) in [5, 5.41) is 0. The Balaban J connectivity index is 0.00000176. The smallest absolute Gasteiger partial charge is 0.244 e. The average Bonchev–Trinajstić information content (AvgIpc) is 2.91. The first-order valence-electron chi connectivity index (χ1n) is 7.93. The second kappa shape index (κ2) is 6.99. The van der Waals surface area contributed by atoms with E-state index in [-0.39, 0.29) is 29.8 Å². The summed E-state index contributed by atoms with van der Waals surface area (Å²) < 4.78 is 0. The maximum atomic E-state index is 12.9. The van der Waals surface area contributed by atoms with Crippen LogP contribution in [0, 0.1) is 5.41 Å². The van der Waals surface area contributed by atoms with Gasteiger partial charge in [0.25, 0.3) is 0 Å². The molecule has 2 atom stereocenters. The first-order valence-corrected chi connectivity index (χ1v) is 7.93. The fraction of sp³-hybridized carbons (Fsp3) is 0.588. The lowest BCUT2D eigenvalue weighted by molar-refractivity contribution is -0.125. The molecule has 0 spiro atoms. The number of hydrogen-bond donors (Lipinski definition) is 1. The van der Waals surface area contributed by atoms with E-state index in [9.17, 15) is 4.79 Å². The Hall–Kier alpha value is -1.10. The second-order valence-corrected chi connectivity index (χ2v) is 6.72. The van der Waals surface area contributed by atoms with E-state index in [1.54, 1.807) is 0 Å². The van der Waals surface area contributed by atoms with Crippen LogP contribution in [0.3, 0.4) is 0 Å². The summed E-state index contributed by atoms with van der Waals surface area (Å²) in [5.74, 6) is 0.258. The van der Waals surface area contributed by atoms with E-state index >= 15 is 0 Å². The Morgan fingerprint density at radius 1 is 1.27 bits per heavy atom. The molecule has 2 aliphatic heterocycles. The molecule has 2 unspecified atom stereocenters. The van der Waals surface area contributed by atoms with Gasteiger partial charge in [-0.25, -0.2) is 0 Å². The molecule has 0 radical (unpaired) electrons. The molecular weight excluding hydrogens is 298 g/mol. The molecule has 0 aliphatic carbocycles. The Kier molecular flexibility index (Phi) is 5.48. The zero-order valence-electron chi connectivity index (χ0n) is 13.2. The molecule has 5 heteroatoms. The number of likely N-dealkylation sites (tertiary alicyclic amines) is 1. The summed E-state index contributed by atoms with van der Waals surface area (Å²) in [6.45, 7) is 5.71. The molecule has 22 heavy (non-hydrogen) atoms. The van der Waals surface area contributed by atoms with E-state index < -0.39 is 0 Å². The Bertz CT molecular complexity index is 510. The van der Waals surface area contributed by atoms with Crippen LogP contribution in [0.25, 0.3) is 0 Å². The van der Waals surface area contributed by atoms with Crippen molar-refractivity contribution >= 4 is 24.0 Å². The third-order valence-corrected chi connectivity index (χ3v) is 5.00. The van der Waals surface area contributed by atoms with Crippen molar-refractivity contribution in [3.63, 3.8) is 0 Å². The van der Waals surface area contributed by atoms with Crippen molar-refractivity contribution < 1.29 is 4.79 Å². The fourth-order valence-electron chi connectivity index (χ4n) is 3.55. The first-order chi connectivity index (χ1) is 10.1. The largest absolute Gasteiger partial charge is 0.330 e. The van der Waals surface area contributed by atoms with E-state index in [1.807, 2.05) is 35.2 Å². The molecule has 0 bridgehead atoms. The molecule has 2 aliphatic rings. The van der Waals surface area contributed by atoms with E-state index in [1.165, 1.54) is 0 Å². The number of carbonyl (C=O) groups excluding carboxylic acids is 1. The number of piperidine rings is 1. The van der Waals surface area contributed by atoms with Crippen LogP contribution in [0.15, 0.2) is 30.3 Å². The number of para-hydroxylation sites is 1. The van der Waals surface area contributed by atoms with Gasteiger partial charge in [-0.3, -0.25) is 9.69 Å². The van der Waals surface area contributed by atoms with Crippen LogP contribution in [-0.2, 0) is 4.79 Å². The molecular formula is C17H26ClN3O. The van der Waals surface area contributed by atoms with Crippen molar-refractivity contribution in [2.24, 2.45) is 11.1 Å². The molecule has 2 heterocycles. The van der Waals surface area contributed by atoms with Crippen molar-refractivity contribution in [3.05, 3.63) is 30.3 Å². The van der Waals surface area contributed by atoms with Crippen molar-refractivity contribution in [1.29, 1.82) is 0 Å². The quantitative estimate of drug-likeness (QED) is 0.928. The maximum Gasteiger partial charge on any atom is 0.244 e. The molecule has 0 saturated carbocycles. The van der Waals surface area contributed by atoms with Crippen LogP contribution in [-0.4, -0.2) is 43.0 Å². The topological polar surface area (TPSA) is 49.6 Å². The maximum absolute atomic E-state index is 12.9. The van der Waals surface area contributed by atoms with Crippen molar-refractivity contribution in [3.8, 4) is 0 Å². The van der Waals surface area contributed by atoms with Gasteiger partial charge < -0.3 is 10.6 Å². The average molecular weight is 324 g/mol. The van der Waals surface area contributed by atoms with Crippen LogP contribution >= 0.6 is 12.4 Å². The highest BCUT2D eigenvalue weighted by Crippen LogP contribution is 2.33. The fourth-order valence-corrected chi connectivity index (χ4v) is 3.55. The predicted octanol–water partition coefficient (Wildman–Crippen LogP) is 2.27. The van der Waals surface area contributed by atoms with Crippen molar-refractivity contribution in [2.75, 3.05) is 31.1 Å². The molecule has 1 aromatic rings. The monoisotopic (exact) mass is 323 g/mol. The number of halogens is 1. The normalized spacial score (nSPS) is 29.5. The molecule has 0 aromatic heterocycles. The summed E-state index contributed by atoms with van der Waals surface area (Å²) in [5.41, 5.74) is 7.09. The van der Waals surface area contributed by atoms with E-state index in [4.69, 9.17) is 5.73 Å². The van der Waals surface area contributed by atoms with Gasteiger partial charge in [0.2, 0.25) is 5.91 Å². The lowest BCUT2D eigenvalue weighted by atomic mass is 9.90. The molecule has 1 aromatic carbocycles. The molecule has 3 rings (SSSR count). The minimum absolute atomic E-state index is 0. The number of anilines is 1. The molecule has 122 valence electrons. The predicted molar refractivity (Wildman–Crippen MR) is 92.4 cm³/mol. The summed E-state index contributed by atoms with van der Waals surface area (Å²) >= 11 is 0. The van der Waals surface area contributed by atoms with E-state index in [0.29, 0.717) is 6.54 Å². The number of nitrogens with two attached hydrogens (primary N) is 1. The third-order valence-electron chi connectivity index (χ3n) is 5.00. The van der Waals surface area contributed by atoms with Gasteiger partial charge in [-0.1, -0.05) is 25.1 Å². The van der Waals surface area contributed by atoms with Crippen molar-refractivity contribution in [1.82, 2.24) is 4.90 Å². The van der Waals surface area contributed by atoms with Crippen molar-refractivity contribution in [2.45, 2.75) is 32.2 Å². The molecule has 2 N–H and O–H groups in total. The third kappa shape index (κ3) is 3.29. The van der Waals surface area contributed by atoms with E-state index in [2.05, 4.69) is 11.8 Å². The van der Waals surface area contributed by atoms with Crippen LogP contribution in [0.4, 0.5) is 5.69 Å². The summed E-state index contributed by atoms with van der Waals surface area (Å²) in [6, 6.07) is 10.1. The van der Waals surface area contributed by atoms with E-state index in [0.717, 1.165) is 44.6 Å². The molecule has 2 fully saturated rings. The number of benzene rings is 1. The first kappa shape index (κ1) is 17.3. The minimum Gasteiger partial charge on any atom is -0.330 e. The van der Waals surface area contributed by atoms with Gasteiger partial charge in [0.05, 0.1) is 6.04 Å². The highest BCUT2D eigenvalue weighted by atomic mass is 35.5. The van der Waals surface area contributed by atoms with Gasteiger partial charge in [0, 0.05) is 18.8 Å². The van der Waals surface area contributed by atoms with Crippen LogP contribution in [0.1, 0.15) is 26.2 Å². The van der Waals surface area contributed by atoms with Gasteiger partial charge >= 0.3 is 0 Å².